The minimum atomic E-state index is -0.600. The first-order valence-corrected chi connectivity index (χ1v) is 10.6. The highest BCUT2D eigenvalue weighted by Gasteiger charge is 2.25. The fourth-order valence-corrected chi connectivity index (χ4v) is 3.73. The van der Waals surface area contributed by atoms with Gasteiger partial charge in [0.2, 0.25) is 0 Å². The minimum absolute atomic E-state index is 0.105. The number of likely N-dealkylation sites (N-methyl/N-ethyl adjacent to an activating group) is 1. The normalized spacial score (nSPS) is 14.2. The van der Waals surface area contributed by atoms with E-state index in [1.165, 1.54) is 19.2 Å². The summed E-state index contributed by atoms with van der Waals surface area (Å²) in [4.78, 5) is 30.7. The van der Waals surface area contributed by atoms with Crippen LogP contribution in [0.1, 0.15) is 21.5 Å². The van der Waals surface area contributed by atoms with Crippen molar-refractivity contribution in [1.82, 2.24) is 14.7 Å². The third-order valence-electron chi connectivity index (χ3n) is 5.72. The first-order chi connectivity index (χ1) is 15.4. The van der Waals surface area contributed by atoms with E-state index in [4.69, 9.17) is 4.74 Å². The molecule has 0 unspecified atom stereocenters. The predicted octanol–water partition coefficient (Wildman–Crippen LogP) is 3.03. The molecule has 0 aromatic heterocycles. The van der Waals surface area contributed by atoms with Gasteiger partial charge in [0.15, 0.2) is 0 Å². The molecule has 2 aromatic carbocycles. The Morgan fingerprint density at radius 2 is 1.75 bits per heavy atom. The zero-order valence-corrected chi connectivity index (χ0v) is 18.8. The topological polar surface area (TPSA) is 62.3 Å². The number of rotatable bonds is 7. The lowest BCUT2D eigenvalue weighted by Crippen LogP contribution is -2.52. The Hall–Kier alpha value is -3.13. The Bertz CT molecular complexity index is 945. The van der Waals surface area contributed by atoms with E-state index in [-0.39, 0.29) is 18.1 Å². The number of halogens is 1. The number of ether oxygens (including phenoxy) is 2. The van der Waals surface area contributed by atoms with Gasteiger partial charge < -0.3 is 24.2 Å². The molecule has 172 valence electrons. The molecule has 3 rings (SSSR count). The summed E-state index contributed by atoms with van der Waals surface area (Å²) in [6.07, 6.45) is 0.575. The van der Waals surface area contributed by atoms with Crippen LogP contribution in [0.5, 0.6) is 5.75 Å². The lowest BCUT2D eigenvalue weighted by molar-refractivity contribution is 0.0600. The lowest BCUT2D eigenvalue weighted by atomic mass is 10.1. The van der Waals surface area contributed by atoms with Gasteiger partial charge in [-0.05, 0) is 37.2 Å². The molecule has 1 aliphatic rings. The van der Waals surface area contributed by atoms with Crippen molar-refractivity contribution < 1.29 is 23.5 Å². The molecule has 2 aromatic rings. The van der Waals surface area contributed by atoms with Gasteiger partial charge in [0.25, 0.3) is 0 Å². The van der Waals surface area contributed by atoms with Crippen molar-refractivity contribution in [2.24, 2.45) is 0 Å². The summed E-state index contributed by atoms with van der Waals surface area (Å²) in [7, 11) is 4.90. The van der Waals surface area contributed by atoms with Crippen molar-refractivity contribution in [2.45, 2.75) is 13.0 Å². The molecule has 0 N–H and O–H groups in total. The molecule has 0 saturated carbocycles. The smallest absolute Gasteiger partial charge is 0.337 e. The van der Waals surface area contributed by atoms with E-state index in [2.05, 4.69) is 9.64 Å². The molecule has 1 aliphatic heterocycles. The molecule has 32 heavy (non-hydrogen) atoms. The van der Waals surface area contributed by atoms with Gasteiger partial charge in [0, 0.05) is 38.3 Å². The Morgan fingerprint density at radius 1 is 1.03 bits per heavy atom. The highest BCUT2D eigenvalue weighted by molar-refractivity contribution is 5.89. The maximum absolute atomic E-state index is 14.8. The summed E-state index contributed by atoms with van der Waals surface area (Å²) >= 11 is 0. The largest absolute Gasteiger partial charge is 0.496 e. The SMILES string of the molecule is COC(=O)c1ccc(CN(CCc2ccccc2OC)C(=O)N2CCN(C)CC2)c(F)c1. The predicted molar refractivity (Wildman–Crippen MR) is 119 cm³/mol. The number of urea groups is 1. The van der Waals surface area contributed by atoms with Crippen molar-refractivity contribution >= 4 is 12.0 Å². The van der Waals surface area contributed by atoms with Crippen molar-refractivity contribution in [3.8, 4) is 5.75 Å². The number of amides is 2. The lowest BCUT2D eigenvalue weighted by Gasteiger charge is -2.36. The molecule has 7 nitrogen and oxygen atoms in total. The molecule has 1 heterocycles. The molecule has 0 spiro atoms. The Labute approximate surface area is 188 Å². The molecule has 0 atom stereocenters. The maximum atomic E-state index is 14.8. The Balaban J connectivity index is 1.80. The van der Waals surface area contributed by atoms with E-state index in [0.29, 0.717) is 31.6 Å². The van der Waals surface area contributed by atoms with E-state index < -0.39 is 11.8 Å². The van der Waals surface area contributed by atoms with Gasteiger partial charge >= 0.3 is 12.0 Å². The fourth-order valence-electron chi connectivity index (χ4n) is 3.73. The molecule has 0 aliphatic carbocycles. The van der Waals surface area contributed by atoms with Gasteiger partial charge in [-0.1, -0.05) is 24.3 Å². The van der Waals surface area contributed by atoms with E-state index in [1.54, 1.807) is 12.0 Å². The number of hydrogen-bond acceptors (Lipinski definition) is 5. The van der Waals surface area contributed by atoms with Crippen LogP contribution in [0.4, 0.5) is 9.18 Å². The Morgan fingerprint density at radius 3 is 2.41 bits per heavy atom. The van der Waals surface area contributed by atoms with Crippen molar-refractivity contribution in [1.29, 1.82) is 0 Å². The highest BCUT2D eigenvalue weighted by atomic mass is 19.1. The first-order valence-electron chi connectivity index (χ1n) is 10.6. The van der Waals surface area contributed by atoms with E-state index >= 15 is 0 Å². The third-order valence-corrected chi connectivity index (χ3v) is 5.72. The third kappa shape index (κ3) is 5.76. The molecule has 1 fully saturated rings. The summed E-state index contributed by atoms with van der Waals surface area (Å²) in [5.41, 5.74) is 1.47. The van der Waals surface area contributed by atoms with Gasteiger partial charge in [-0.3, -0.25) is 0 Å². The second-order valence-electron chi connectivity index (χ2n) is 7.85. The number of hydrogen-bond donors (Lipinski definition) is 0. The van der Waals surface area contributed by atoms with E-state index in [9.17, 15) is 14.0 Å². The molecule has 0 radical (unpaired) electrons. The number of benzene rings is 2. The molecule has 1 saturated heterocycles. The maximum Gasteiger partial charge on any atom is 0.337 e. The van der Waals surface area contributed by atoms with Crippen molar-refractivity contribution in [3.05, 3.63) is 65.0 Å². The van der Waals surface area contributed by atoms with Crippen LogP contribution in [-0.4, -0.2) is 80.7 Å². The number of esters is 1. The van der Waals surface area contributed by atoms with Crippen LogP contribution in [0.25, 0.3) is 0 Å². The molecule has 8 heteroatoms. The number of methoxy groups -OCH3 is 2. The average molecular weight is 444 g/mol. The number of piperazine rings is 1. The summed E-state index contributed by atoms with van der Waals surface area (Å²) in [6.45, 7) is 3.37. The average Bonchev–Trinajstić information content (AvgIpc) is 2.82. The van der Waals surface area contributed by atoms with Crippen molar-refractivity contribution in [2.75, 3.05) is 54.0 Å². The summed E-state index contributed by atoms with van der Waals surface area (Å²) in [5, 5.41) is 0. The zero-order valence-electron chi connectivity index (χ0n) is 18.8. The highest BCUT2D eigenvalue weighted by Crippen LogP contribution is 2.20. The second kappa shape index (κ2) is 10.9. The molecular formula is C24H30FN3O4. The van der Waals surface area contributed by atoms with Crippen LogP contribution < -0.4 is 4.74 Å². The van der Waals surface area contributed by atoms with Crippen LogP contribution >= 0.6 is 0 Å². The molecule has 2 amide bonds. The standard InChI is InChI=1S/C24H30FN3O4/c1-26-12-14-27(15-13-26)24(30)28(11-10-18-6-4-5-7-22(18)31-2)17-20-9-8-19(16-21(20)25)23(29)32-3/h4-9,16H,10-15,17H2,1-3H3. The van der Waals surface area contributed by atoms with Crippen molar-refractivity contribution in [3.63, 3.8) is 0 Å². The number of para-hydroxylation sites is 1. The number of nitrogens with zero attached hydrogens (tertiary/aromatic N) is 3. The van der Waals surface area contributed by atoms with Crippen LogP contribution in [0.3, 0.4) is 0 Å². The van der Waals surface area contributed by atoms with Gasteiger partial charge in [0.1, 0.15) is 11.6 Å². The van der Waals surface area contributed by atoms with Crippen LogP contribution in [0.15, 0.2) is 42.5 Å². The summed E-state index contributed by atoms with van der Waals surface area (Å²) in [5.74, 6) is -0.383. The number of carbonyl (C=O) groups excluding carboxylic acids is 2. The van der Waals surface area contributed by atoms with Gasteiger partial charge in [-0.25, -0.2) is 14.0 Å². The summed E-state index contributed by atoms with van der Waals surface area (Å²) < 4.78 is 24.8. The first kappa shape index (κ1) is 23.5. The molecule has 0 bridgehead atoms. The van der Waals surface area contributed by atoms with Gasteiger partial charge in [-0.15, -0.1) is 0 Å². The van der Waals surface area contributed by atoms with E-state index in [1.807, 2.05) is 36.2 Å². The van der Waals surface area contributed by atoms with Crippen LogP contribution in [0, 0.1) is 5.82 Å². The van der Waals surface area contributed by atoms with Crippen LogP contribution in [0.2, 0.25) is 0 Å². The number of carbonyl (C=O) groups is 2. The quantitative estimate of drug-likeness (QED) is 0.616. The Kier molecular flexibility index (Phi) is 8.05. The summed E-state index contributed by atoms with van der Waals surface area (Å²) in [6, 6.07) is 11.8. The minimum Gasteiger partial charge on any atom is -0.496 e. The fraction of sp³-hybridized carbons (Fsp3) is 0.417. The van der Waals surface area contributed by atoms with Gasteiger partial charge in [0.05, 0.1) is 26.3 Å². The zero-order chi connectivity index (χ0) is 23.1. The van der Waals surface area contributed by atoms with E-state index in [0.717, 1.165) is 30.5 Å². The van der Waals surface area contributed by atoms with Gasteiger partial charge in [-0.2, -0.15) is 0 Å². The second-order valence-corrected chi connectivity index (χ2v) is 7.85. The monoisotopic (exact) mass is 443 g/mol. The molecular weight excluding hydrogens is 413 g/mol. The van der Waals surface area contributed by atoms with Crippen LogP contribution in [-0.2, 0) is 17.7 Å².